The van der Waals surface area contributed by atoms with E-state index >= 15 is 0 Å². The normalized spacial score (nSPS) is 17.2. The molecule has 2 aromatic rings. The van der Waals surface area contributed by atoms with Crippen LogP contribution in [0.15, 0.2) is 42.5 Å². The number of nitrogens with zero attached hydrogens (tertiary/aromatic N) is 2. The van der Waals surface area contributed by atoms with E-state index in [1.807, 2.05) is 31.2 Å². The van der Waals surface area contributed by atoms with Gasteiger partial charge in [0, 0.05) is 24.3 Å². The summed E-state index contributed by atoms with van der Waals surface area (Å²) >= 11 is 11.9. The summed E-state index contributed by atoms with van der Waals surface area (Å²) in [5.41, 5.74) is 1.20. The van der Waals surface area contributed by atoms with E-state index in [1.54, 1.807) is 28.9 Å². The fourth-order valence-electron chi connectivity index (χ4n) is 3.09. The average molecular weight is 407 g/mol. The monoisotopic (exact) mass is 406 g/mol. The summed E-state index contributed by atoms with van der Waals surface area (Å²) in [4.78, 5) is 28.9. The zero-order chi connectivity index (χ0) is 19.6. The molecular formula is C20H20Cl2N2O3. The van der Waals surface area contributed by atoms with Crippen LogP contribution in [-0.4, -0.2) is 42.5 Å². The van der Waals surface area contributed by atoms with E-state index < -0.39 is 6.04 Å². The molecule has 0 N–H and O–H groups in total. The van der Waals surface area contributed by atoms with Crippen molar-refractivity contribution in [2.75, 3.05) is 24.6 Å². The van der Waals surface area contributed by atoms with Gasteiger partial charge in [-0.3, -0.25) is 9.59 Å². The Labute approximate surface area is 168 Å². The Kier molecular flexibility index (Phi) is 5.92. The van der Waals surface area contributed by atoms with E-state index in [-0.39, 0.29) is 11.8 Å². The van der Waals surface area contributed by atoms with Crippen molar-refractivity contribution in [2.24, 2.45) is 0 Å². The molecule has 1 fully saturated rings. The standard InChI is InChI=1S/C20H20Cl2N2O3/c1-3-27-16-7-5-15(6-8-16)24-11-10-23(13(2)19(24)25)20(26)14-4-9-17(21)18(22)12-14/h4-9,12-13H,3,10-11H2,1-2H3/t13-/m1/s1. The highest BCUT2D eigenvalue weighted by Crippen LogP contribution is 2.26. The smallest absolute Gasteiger partial charge is 0.254 e. The quantitative estimate of drug-likeness (QED) is 0.761. The first-order chi connectivity index (χ1) is 12.9. The summed E-state index contributed by atoms with van der Waals surface area (Å²) in [5.74, 6) is 0.398. The molecule has 1 aliphatic heterocycles. The van der Waals surface area contributed by atoms with Crippen LogP contribution in [0, 0.1) is 0 Å². The first-order valence-electron chi connectivity index (χ1n) is 8.72. The Morgan fingerprint density at radius 1 is 1.11 bits per heavy atom. The molecule has 2 aromatic carbocycles. The van der Waals surface area contributed by atoms with Crippen LogP contribution in [0.25, 0.3) is 0 Å². The number of amides is 2. The van der Waals surface area contributed by atoms with Crippen molar-refractivity contribution in [1.29, 1.82) is 0 Å². The van der Waals surface area contributed by atoms with Gasteiger partial charge in [-0.25, -0.2) is 0 Å². The molecule has 0 aliphatic carbocycles. The molecule has 0 bridgehead atoms. The third-order valence-electron chi connectivity index (χ3n) is 4.54. The van der Waals surface area contributed by atoms with Gasteiger partial charge in [-0.15, -0.1) is 0 Å². The molecule has 142 valence electrons. The number of hydrogen-bond donors (Lipinski definition) is 0. The summed E-state index contributed by atoms with van der Waals surface area (Å²) in [5, 5.41) is 0.701. The van der Waals surface area contributed by atoms with Gasteiger partial charge in [-0.1, -0.05) is 23.2 Å². The maximum absolute atomic E-state index is 12.9. The number of carbonyl (C=O) groups is 2. The van der Waals surface area contributed by atoms with Gasteiger partial charge in [0.05, 0.1) is 16.7 Å². The lowest BCUT2D eigenvalue weighted by Crippen LogP contribution is -2.57. The van der Waals surface area contributed by atoms with Gasteiger partial charge in [0.25, 0.3) is 5.91 Å². The summed E-state index contributed by atoms with van der Waals surface area (Å²) < 4.78 is 5.44. The molecule has 1 saturated heterocycles. The van der Waals surface area contributed by atoms with E-state index in [4.69, 9.17) is 27.9 Å². The molecule has 1 atom stereocenters. The minimum Gasteiger partial charge on any atom is -0.494 e. The Morgan fingerprint density at radius 3 is 2.44 bits per heavy atom. The van der Waals surface area contributed by atoms with Gasteiger partial charge in [-0.2, -0.15) is 0 Å². The lowest BCUT2D eigenvalue weighted by Gasteiger charge is -2.39. The third kappa shape index (κ3) is 4.04. The van der Waals surface area contributed by atoms with Crippen molar-refractivity contribution in [3.05, 3.63) is 58.1 Å². The average Bonchev–Trinajstić information content (AvgIpc) is 2.67. The number of rotatable bonds is 4. The fourth-order valence-corrected chi connectivity index (χ4v) is 3.39. The zero-order valence-corrected chi connectivity index (χ0v) is 16.6. The maximum Gasteiger partial charge on any atom is 0.254 e. The van der Waals surface area contributed by atoms with Gasteiger partial charge < -0.3 is 14.5 Å². The Bertz CT molecular complexity index is 855. The van der Waals surface area contributed by atoms with Crippen LogP contribution in [-0.2, 0) is 4.79 Å². The number of piperazine rings is 1. The van der Waals surface area contributed by atoms with E-state index in [2.05, 4.69) is 0 Å². The predicted octanol–water partition coefficient (Wildman–Crippen LogP) is 4.27. The summed E-state index contributed by atoms with van der Waals surface area (Å²) in [6, 6.07) is 11.5. The highest BCUT2D eigenvalue weighted by atomic mass is 35.5. The summed E-state index contributed by atoms with van der Waals surface area (Å²) in [7, 11) is 0. The molecule has 3 rings (SSSR count). The van der Waals surface area contributed by atoms with Crippen LogP contribution in [0.5, 0.6) is 5.75 Å². The second kappa shape index (κ2) is 8.19. The Hall–Kier alpha value is -2.24. The van der Waals surface area contributed by atoms with Gasteiger partial charge in [0.2, 0.25) is 5.91 Å². The van der Waals surface area contributed by atoms with Crippen molar-refractivity contribution in [3.8, 4) is 5.75 Å². The lowest BCUT2D eigenvalue weighted by atomic mass is 10.1. The fraction of sp³-hybridized carbons (Fsp3) is 0.300. The number of anilines is 1. The molecule has 1 aliphatic rings. The predicted molar refractivity (Wildman–Crippen MR) is 107 cm³/mol. The topological polar surface area (TPSA) is 49.9 Å². The second-order valence-corrected chi connectivity index (χ2v) is 7.03. The molecular weight excluding hydrogens is 387 g/mol. The third-order valence-corrected chi connectivity index (χ3v) is 5.28. The van der Waals surface area contributed by atoms with Gasteiger partial charge in [0.1, 0.15) is 11.8 Å². The van der Waals surface area contributed by atoms with Crippen LogP contribution in [0.2, 0.25) is 10.0 Å². The van der Waals surface area contributed by atoms with Crippen LogP contribution in [0.4, 0.5) is 5.69 Å². The molecule has 1 heterocycles. The molecule has 27 heavy (non-hydrogen) atoms. The molecule has 0 radical (unpaired) electrons. The Balaban J connectivity index is 1.75. The highest BCUT2D eigenvalue weighted by Gasteiger charge is 2.35. The number of ether oxygens (including phenoxy) is 1. The lowest BCUT2D eigenvalue weighted by molar-refractivity contribution is -0.124. The number of carbonyl (C=O) groups excluding carboxylic acids is 2. The van der Waals surface area contributed by atoms with Crippen LogP contribution in [0.1, 0.15) is 24.2 Å². The molecule has 7 heteroatoms. The molecule has 0 unspecified atom stereocenters. The number of halogens is 2. The molecule has 0 spiro atoms. The largest absolute Gasteiger partial charge is 0.494 e. The molecule has 5 nitrogen and oxygen atoms in total. The first-order valence-corrected chi connectivity index (χ1v) is 9.48. The van der Waals surface area contributed by atoms with E-state index in [0.717, 1.165) is 11.4 Å². The van der Waals surface area contributed by atoms with E-state index in [9.17, 15) is 9.59 Å². The van der Waals surface area contributed by atoms with Gasteiger partial charge in [0.15, 0.2) is 0 Å². The van der Waals surface area contributed by atoms with Crippen LogP contribution < -0.4 is 9.64 Å². The minimum absolute atomic E-state index is 0.126. The first kappa shape index (κ1) is 19.5. The molecule has 0 saturated carbocycles. The number of hydrogen-bond acceptors (Lipinski definition) is 3. The molecule has 2 amide bonds. The maximum atomic E-state index is 12.9. The summed E-state index contributed by atoms with van der Waals surface area (Å²) in [6.07, 6.45) is 0. The van der Waals surface area contributed by atoms with E-state index in [1.165, 1.54) is 6.07 Å². The van der Waals surface area contributed by atoms with E-state index in [0.29, 0.717) is 35.3 Å². The minimum atomic E-state index is -0.577. The number of benzene rings is 2. The van der Waals surface area contributed by atoms with Gasteiger partial charge in [-0.05, 0) is 56.3 Å². The SMILES string of the molecule is CCOc1ccc(N2CCN(C(=O)c3ccc(Cl)c(Cl)c3)[C@H](C)C2=O)cc1. The summed E-state index contributed by atoms with van der Waals surface area (Å²) in [6.45, 7) is 5.09. The van der Waals surface area contributed by atoms with Gasteiger partial charge >= 0.3 is 0 Å². The zero-order valence-electron chi connectivity index (χ0n) is 15.1. The van der Waals surface area contributed by atoms with Crippen molar-refractivity contribution in [2.45, 2.75) is 19.9 Å². The van der Waals surface area contributed by atoms with Crippen LogP contribution in [0.3, 0.4) is 0 Å². The second-order valence-electron chi connectivity index (χ2n) is 6.22. The molecule has 0 aromatic heterocycles. The van der Waals surface area contributed by atoms with Crippen molar-refractivity contribution in [3.63, 3.8) is 0 Å². The van der Waals surface area contributed by atoms with Crippen LogP contribution >= 0.6 is 23.2 Å². The van der Waals surface area contributed by atoms with Crippen molar-refractivity contribution in [1.82, 2.24) is 4.90 Å². The Morgan fingerprint density at radius 2 is 1.81 bits per heavy atom. The van der Waals surface area contributed by atoms with Crippen molar-refractivity contribution < 1.29 is 14.3 Å². The highest BCUT2D eigenvalue weighted by molar-refractivity contribution is 6.42. The van der Waals surface area contributed by atoms with Crippen molar-refractivity contribution >= 4 is 40.7 Å².